The third-order valence-electron chi connectivity index (χ3n) is 4.49. The molecule has 0 radical (unpaired) electrons. The second-order valence-corrected chi connectivity index (χ2v) is 6.72. The van der Waals surface area contributed by atoms with Crippen molar-refractivity contribution in [3.8, 4) is 11.5 Å². The maximum absolute atomic E-state index is 12.1. The molecule has 0 aliphatic rings. The molecule has 27 heavy (non-hydrogen) atoms. The minimum Gasteiger partial charge on any atom is -0.508 e. The van der Waals surface area contributed by atoms with Gasteiger partial charge in [-0.1, -0.05) is 24.3 Å². The smallest absolute Gasteiger partial charge is 0.314 e. The molecule has 6 nitrogen and oxygen atoms in total. The van der Waals surface area contributed by atoms with Crippen LogP contribution < -0.4 is 15.4 Å². The van der Waals surface area contributed by atoms with Crippen LogP contribution in [-0.4, -0.2) is 56.4 Å². The Morgan fingerprint density at radius 3 is 2.26 bits per heavy atom. The molecule has 0 aromatic heterocycles. The summed E-state index contributed by atoms with van der Waals surface area (Å²) < 4.78 is 5.14. The molecule has 0 aliphatic carbocycles. The summed E-state index contributed by atoms with van der Waals surface area (Å²) in [5.74, 6) is 1.09. The number of rotatable bonds is 9. The summed E-state index contributed by atoms with van der Waals surface area (Å²) >= 11 is 0. The fourth-order valence-corrected chi connectivity index (χ4v) is 2.73. The summed E-state index contributed by atoms with van der Waals surface area (Å²) in [7, 11) is 5.63. The topological polar surface area (TPSA) is 73.8 Å². The van der Waals surface area contributed by atoms with Crippen LogP contribution in [0.1, 0.15) is 11.1 Å². The SMILES string of the molecule is COc1ccc(CCNC(=O)NCC(Cc2ccc(O)cc2)N(C)C)cc1. The van der Waals surface area contributed by atoms with Crippen molar-refractivity contribution < 1.29 is 14.6 Å². The highest BCUT2D eigenvalue weighted by Crippen LogP contribution is 2.13. The summed E-state index contributed by atoms with van der Waals surface area (Å²) in [5.41, 5.74) is 2.27. The van der Waals surface area contributed by atoms with Crippen LogP contribution >= 0.6 is 0 Å². The van der Waals surface area contributed by atoms with Crippen molar-refractivity contribution in [2.45, 2.75) is 18.9 Å². The maximum Gasteiger partial charge on any atom is 0.314 e. The molecule has 0 heterocycles. The van der Waals surface area contributed by atoms with Crippen LogP contribution in [0.25, 0.3) is 0 Å². The third-order valence-corrected chi connectivity index (χ3v) is 4.49. The number of benzene rings is 2. The number of nitrogens with one attached hydrogen (secondary N) is 2. The van der Waals surface area contributed by atoms with Crippen LogP contribution in [0.2, 0.25) is 0 Å². The molecule has 2 amide bonds. The summed E-state index contributed by atoms with van der Waals surface area (Å²) in [6.45, 7) is 1.12. The van der Waals surface area contributed by atoms with Gasteiger partial charge in [0.25, 0.3) is 0 Å². The van der Waals surface area contributed by atoms with E-state index in [-0.39, 0.29) is 17.8 Å². The van der Waals surface area contributed by atoms with Gasteiger partial charge < -0.3 is 25.4 Å². The van der Waals surface area contributed by atoms with Crippen LogP contribution in [0.4, 0.5) is 4.79 Å². The van der Waals surface area contributed by atoms with E-state index in [2.05, 4.69) is 15.5 Å². The van der Waals surface area contributed by atoms with Crippen molar-refractivity contribution in [3.05, 3.63) is 59.7 Å². The number of nitrogens with zero attached hydrogens (tertiary/aromatic N) is 1. The lowest BCUT2D eigenvalue weighted by Gasteiger charge is -2.25. The number of urea groups is 1. The number of phenolic OH excluding ortho intramolecular Hbond substituents is 1. The first-order valence-corrected chi connectivity index (χ1v) is 9.07. The van der Waals surface area contributed by atoms with Crippen molar-refractivity contribution in [3.63, 3.8) is 0 Å². The fraction of sp³-hybridized carbons (Fsp3) is 0.381. The Labute approximate surface area is 161 Å². The van der Waals surface area contributed by atoms with Gasteiger partial charge in [-0.05, 0) is 62.3 Å². The molecule has 0 saturated carbocycles. The fourth-order valence-electron chi connectivity index (χ4n) is 2.73. The van der Waals surface area contributed by atoms with Crippen LogP contribution in [-0.2, 0) is 12.8 Å². The molecule has 2 aromatic rings. The van der Waals surface area contributed by atoms with Gasteiger partial charge in [0.1, 0.15) is 11.5 Å². The minimum absolute atomic E-state index is 0.166. The largest absolute Gasteiger partial charge is 0.508 e. The quantitative estimate of drug-likeness (QED) is 0.633. The molecule has 1 unspecified atom stereocenters. The molecule has 0 saturated heterocycles. The molecular formula is C21H29N3O3. The standard InChI is InChI=1S/C21H29N3O3/c1-24(2)18(14-17-4-8-19(25)9-5-17)15-23-21(26)22-13-12-16-6-10-20(27-3)11-7-16/h4-11,18,25H,12-15H2,1-3H3,(H2,22,23,26). The van der Waals surface area contributed by atoms with Gasteiger partial charge >= 0.3 is 6.03 Å². The highest BCUT2D eigenvalue weighted by Gasteiger charge is 2.13. The number of hydrogen-bond acceptors (Lipinski definition) is 4. The van der Waals surface area contributed by atoms with Gasteiger partial charge in [0.2, 0.25) is 0 Å². The summed E-state index contributed by atoms with van der Waals surface area (Å²) in [6.07, 6.45) is 1.56. The van der Waals surface area contributed by atoms with Gasteiger partial charge in [-0.2, -0.15) is 0 Å². The van der Waals surface area contributed by atoms with E-state index in [1.807, 2.05) is 50.5 Å². The lowest BCUT2D eigenvalue weighted by atomic mass is 10.1. The second-order valence-electron chi connectivity index (χ2n) is 6.72. The van der Waals surface area contributed by atoms with E-state index in [0.29, 0.717) is 13.1 Å². The van der Waals surface area contributed by atoms with E-state index in [1.54, 1.807) is 19.2 Å². The zero-order chi connectivity index (χ0) is 19.6. The van der Waals surface area contributed by atoms with Gasteiger partial charge in [0.15, 0.2) is 0 Å². The maximum atomic E-state index is 12.1. The van der Waals surface area contributed by atoms with Crippen molar-refractivity contribution >= 4 is 6.03 Å². The zero-order valence-corrected chi connectivity index (χ0v) is 16.2. The van der Waals surface area contributed by atoms with Gasteiger partial charge in [-0.3, -0.25) is 0 Å². The monoisotopic (exact) mass is 371 g/mol. The van der Waals surface area contributed by atoms with Crippen molar-refractivity contribution in [1.82, 2.24) is 15.5 Å². The molecule has 0 fully saturated rings. The van der Waals surface area contributed by atoms with E-state index in [0.717, 1.165) is 29.7 Å². The number of carbonyl (C=O) groups excluding carboxylic acids is 1. The number of carbonyl (C=O) groups is 1. The van der Waals surface area contributed by atoms with Gasteiger partial charge in [-0.15, -0.1) is 0 Å². The van der Waals surface area contributed by atoms with Gasteiger partial charge in [0.05, 0.1) is 7.11 Å². The first-order valence-electron chi connectivity index (χ1n) is 9.07. The number of amides is 2. The highest BCUT2D eigenvalue weighted by molar-refractivity contribution is 5.73. The average molecular weight is 371 g/mol. The van der Waals surface area contributed by atoms with Crippen molar-refractivity contribution in [2.24, 2.45) is 0 Å². The Kier molecular flexibility index (Phi) is 7.95. The number of ether oxygens (including phenoxy) is 1. The third kappa shape index (κ3) is 7.19. The van der Waals surface area contributed by atoms with Gasteiger partial charge in [0, 0.05) is 19.1 Å². The van der Waals surface area contributed by atoms with E-state index >= 15 is 0 Å². The van der Waals surface area contributed by atoms with E-state index in [4.69, 9.17) is 4.74 Å². The molecule has 2 aromatic carbocycles. The Bertz CT molecular complexity index is 700. The Hall–Kier alpha value is -2.73. The molecule has 3 N–H and O–H groups in total. The van der Waals surface area contributed by atoms with Crippen molar-refractivity contribution in [2.75, 3.05) is 34.3 Å². The zero-order valence-electron chi connectivity index (χ0n) is 16.2. The Morgan fingerprint density at radius 2 is 1.67 bits per heavy atom. The Morgan fingerprint density at radius 1 is 1.04 bits per heavy atom. The predicted molar refractivity (Wildman–Crippen MR) is 107 cm³/mol. The Balaban J connectivity index is 1.73. The first-order chi connectivity index (χ1) is 13.0. The van der Waals surface area contributed by atoms with Crippen LogP contribution in [0.15, 0.2) is 48.5 Å². The lowest BCUT2D eigenvalue weighted by molar-refractivity contribution is 0.232. The number of likely N-dealkylation sites (N-methyl/N-ethyl adjacent to an activating group) is 1. The number of methoxy groups -OCH3 is 1. The molecule has 0 aliphatic heterocycles. The summed E-state index contributed by atoms with van der Waals surface area (Å²) in [6, 6.07) is 15.0. The second kappa shape index (κ2) is 10.4. The van der Waals surface area contributed by atoms with E-state index in [9.17, 15) is 9.90 Å². The summed E-state index contributed by atoms with van der Waals surface area (Å²) in [5, 5.41) is 15.2. The normalized spacial score (nSPS) is 11.9. The molecule has 6 heteroatoms. The molecule has 2 rings (SSSR count). The molecule has 146 valence electrons. The number of aromatic hydroxyl groups is 1. The minimum atomic E-state index is -0.166. The molecular weight excluding hydrogens is 342 g/mol. The predicted octanol–water partition coefficient (Wildman–Crippen LogP) is 2.42. The lowest BCUT2D eigenvalue weighted by Crippen LogP contribution is -2.45. The van der Waals surface area contributed by atoms with Crippen LogP contribution in [0.3, 0.4) is 0 Å². The van der Waals surface area contributed by atoms with E-state index < -0.39 is 0 Å². The highest BCUT2D eigenvalue weighted by atomic mass is 16.5. The summed E-state index contributed by atoms with van der Waals surface area (Å²) in [4.78, 5) is 14.2. The van der Waals surface area contributed by atoms with Gasteiger partial charge in [-0.25, -0.2) is 4.79 Å². The first kappa shape index (κ1) is 20.6. The van der Waals surface area contributed by atoms with Crippen LogP contribution in [0.5, 0.6) is 11.5 Å². The number of phenols is 1. The molecule has 1 atom stereocenters. The molecule has 0 spiro atoms. The van der Waals surface area contributed by atoms with Crippen LogP contribution in [0, 0.1) is 0 Å². The molecule has 0 bridgehead atoms. The van der Waals surface area contributed by atoms with Crippen molar-refractivity contribution in [1.29, 1.82) is 0 Å². The average Bonchev–Trinajstić information content (AvgIpc) is 2.67. The number of hydrogen-bond donors (Lipinski definition) is 3. The van der Waals surface area contributed by atoms with E-state index in [1.165, 1.54) is 0 Å².